The maximum absolute atomic E-state index is 14.4. The molecule has 0 N–H and O–H groups in total. The Morgan fingerprint density at radius 2 is 0.825 bits per heavy atom. The van der Waals surface area contributed by atoms with Crippen LogP contribution in [0.25, 0.3) is 0 Å². The molecular weight excluding hydrogens is 507 g/mol. The first kappa shape index (κ1) is 31.4. The standard InChI is InChI=1S/C36H56N2OP/c1-33(2,3)27-17-25(18-28(21-27)34(4,5)6)23-37-31-15-13-14-16-32(31)38(40(37)39)24-26-19-29(35(7,8)9)22-30(20-26)36(10,11)12/h17-22,31-32H,13-16,23-24H2,1-12H3/q+1. The van der Waals surface area contributed by atoms with Crippen LogP contribution in [0, 0.1) is 0 Å². The normalized spacial score (nSPS) is 22.6. The Labute approximate surface area is 247 Å². The minimum atomic E-state index is -1.62. The minimum absolute atomic E-state index is 0.0749. The molecule has 2 aliphatic rings. The molecule has 2 unspecified atom stereocenters. The fourth-order valence-electron chi connectivity index (χ4n) is 6.22. The van der Waals surface area contributed by atoms with Crippen LogP contribution in [-0.2, 0) is 39.3 Å². The molecule has 0 bridgehead atoms. The van der Waals surface area contributed by atoms with Crippen LogP contribution < -0.4 is 0 Å². The molecule has 1 aliphatic heterocycles. The summed E-state index contributed by atoms with van der Waals surface area (Å²) in [6.07, 6.45) is 4.75. The van der Waals surface area contributed by atoms with E-state index in [0.717, 1.165) is 25.9 Å². The van der Waals surface area contributed by atoms with Crippen molar-refractivity contribution >= 4 is 8.10 Å². The van der Waals surface area contributed by atoms with E-state index in [1.165, 1.54) is 46.2 Å². The monoisotopic (exact) mass is 563 g/mol. The van der Waals surface area contributed by atoms with Crippen LogP contribution in [-0.4, -0.2) is 21.4 Å². The third-order valence-corrected chi connectivity index (χ3v) is 10.8. The van der Waals surface area contributed by atoms with E-state index in [4.69, 9.17) is 0 Å². The van der Waals surface area contributed by atoms with Crippen molar-refractivity contribution in [1.82, 2.24) is 9.34 Å². The lowest BCUT2D eigenvalue weighted by atomic mass is 9.79. The number of hydrogen-bond acceptors (Lipinski definition) is 1. The zero-order valence-corrected chi connectivity index (χ0v) is 28.5. The van der Waals surface area contributed by atoms with Crippen LogP contribution in [0.3, 0.4) is 0 Å². The summed E-state index contributed by atoms with van der Waals surface area (Å²) < 4.78 is 19.1. The molecule has 2 aromatic carbocycles. The van der Waals surface area contributed by atoms with Crippen LogP contribution in [0.2, 0.25) is 0 Å². The van der Waals surface area contributed by atoms with Crippen molar-refractivity contribution in [2.24, 2.45) is 0 Å². The van der Waals surface area contributed by atoms with Gasteiger partial charge in [0.25, 0.3) is 0 Å². The summed E-state index contributed by atoms with van der Waals surface area (Å²) >= 11 is 0. The minimum Gasteiger partial charge on any atom is -0.0698 e. The van der Waals surface area contributed by atoms with Gasteiger partial charge in [0.1, 0.15) is 0 Å². The molecule has 1 aliphatic carbocycles. The molecule has 0 amide bonds. The number of hydrogen-bond donors (Lipinski definition) is 0. The van der Waals surface area contributed by atoms with E-state index in [0.29, 0.717) is 12.1 Å². The Hall–Kier alpha value is -1.54. The number of rotatable bonds is 4. The molecule has 4 heteroatoms. The van der Waals surface area contributed by atoms with Crippen molar-refractivity contribution in [2.45, 2.75) is 156 Å². The summed E-state index contributed by atoms with van der Waals surface area (Å²) in [5.41, 5.74) is 8.39. The van der Waals surface area contributed by atoms with Crippen molar-refractivity contribution in [2.75, 3.05) is 0 Å². The maximum Gasteiger partial charge on any atom is 0.538 e. The third-order valence-electron chi connectivity index (χ3n) is 9.04. The summed E-state index contributed by atoms with van der Waals surface area (Å²) in [5, 5.41) is 0. The summed E-state index contributed by atoms with van der Waals surface area (Å²) in [5.74, 6) is 0. The topological polar surface area (TPSA) is 23.6 Å². The Bertz CT molecular complexity index is 1080. The van der Waals surface area contributed by atoms with Gasteiger partial charge in [-0.3, -0.25) is 0 Å². The summed E-state index contributed by atoms with van der Waals surface area (Å²) in [6.45, 7) is 29.1. The van der Waals surface area contributed by atoms with E-state index >= 15 is 0 Å². The van der Waals surface area contributed by atoms with Crippen LogP contribution in [0.4, 0.5) is 0 Å². The van der Waals surface area contributed by atoms with Gasteiger partial charge in [0, 0.05) is 0 Å². The van der Waals surface area contributed by atoms with Crippen LogP contribution in [0.5, 0.6) is 0 Å². The fourth-order valence-corrected chi connectivity index (χ4v) is 8.13. The Kier molecular flexibility index (Phi) is 8.59. The van der Waals surface area contributed by atoms with Crippen molar-refractivity contribution < 1.29 is 4.57 Å². The van der Waals surface area contributed by atoms with Gasteiger partial charge in [0.05, 0.1) is 25.2 Å². The van der Waals surface area contributed by atoms with Crippen LogP contribution >= 0.6 is 8.10 Å². The Morgan fingerprint density at radius 1 is 0.550 bits per heavy atom. The van der Waals surface area contributed by atoms with Gasteiger partial charge >= 0.3 is 8.10 Å². The zero-order chi connectivity index (χ0) is 29.8. The van der Waals surface area contributed by atoms with Crippen molar-refractivity contribution in [1.29, 1.82) is 0 Å². The Balaban J connectivity index is 1.70. The predicted octanol–water partition coefficient (Wildman–Crippen LogP) is 10.2. The highest BCUT2D eigenvalue weighted by Gasteiger charge is 2.57. The van der Waals surface area contributed by atoms with Crippen LogP contribution in [0.15, 0.2) is 36.4 Å². The first-order valence-electron chi connectivity index (χ1n) is 15.6. The lowest BCUT2D eigenvalue weighted by molar-refractivity contribution is 0.197. The smallest absolute Gasteiger partial charge is 0.0698 e. The summed E-state index contributed by atoms with van der Waals surface area (Å²) in [4.78, 5) is 0. The molecular formula is C36H56N2OP+. The second-order valence-electron chi connectivity index (χ2n) is 16.7. The molecule has 2 atom stereocenters. The lowest BCUT2D eigenvalue weighted by Crippen LogP contribution is -2.39. The Morgan fingerprint density at radius 3 is 1.07 bits per heavy atom. The molecule has 0 radical (unpaired) electrons. The highest BCUT2D eigenvalue weighted by atomic mass is 31.1. The first-order chi connectivity index (χ1) is 18.2. The van der Waals surface area contributed by atoms with Gasteiger partial charge in [-0.25, -0.2) is 0 Å². The molecule has 40 heavy (non-hydrogen) atoms. The lowest BCUT2D eigenvalue weighted by Gasteiger charge is -2.29. The summed E-state index contributed by atoms with van der Waals surface area (Å²) in [6, 6.07) is 15.0. The summed E-state index contributed by atoms with van der Waals surface area (Å²) in [7, 11) is -1.62. The molecule has 2 aromatic rings. The highest BCUT2D eigenvalue weighted by molar-refractivity contribution is 7.39. The number of nitrogens with zero attached hydrogens (tertiary/aromatic N) is 2. The molecule has 4 rings (SSSR count). The second-order valence-corrected chi connectivity index (χ2v) is 18.2. The molecule has 1 heterocycles. The average molecular weight is 564 g/mol. The maximum atomic E-state index is 14.4. The van der Waals surface area contributed by atoms with Crippen LogP contribution in [0.1, 0.15) is 142 Å². The molecule has 220 valence electrons. The van der Waals surface area contributed by atoms with E-state index in [9.17, 15) is 4.57 Å². The molecule has 0 aromatic heterocycles. The zero-order valence-electron chi connectivity index (χ0n) is 27.6. The molecule has 2 fully saturated rings. The fraction of sp³-hybridized carbons (Fsp3) is 0.667. The van der Waals surface area contributed by atoms with Gasteiger partial charge in [-0.15, -0.1) is 0 Å². The van der Waals surface area contributed by atoms with E-state index < -0.39 is 8.10 Å². The molecule has 1 saturated carbocycles. The van der Waals surface area contributed by atoms with Gasteiger partial charge in [-0.1, -0.05) is 142 Å². The molecule has 1 saturated heterocycles. The third kappa shape index (κ3) is 6.91. The van der Waals surface area contributed by atoms with E-state index in [1.807, 2.05) is 0 Å². The number of benzene rings is 2. The SMILES string of the molecule is CC(C)(C)c1cc(CN2C3CCCCC3N(Cc3cc(C(C)(C)C)cc(C(C)(C)C)c3)[P+]2=O)cc(C(C)(C)C)c1. The van der Waals surface area contributed by atoms with Gasteiger partial charge in [-0.05, 0) is 72.4 Å². The van der Waals surface area contributed by atoms with E-state index in [1.54, 1.807) is 0 Å². The predicted molar refractivity (Wildman–Crippen MR) is 172 cm³/mol. The molecule has 3 nitrogen and oxygen atoms in total. The van der Waals surface area contributed by atoms with Gasteiger partial charge in [0.15, 0.2) is 0 Å². The van der Waals surface area contributed by atoms with Crippen molar-refractivity contribution in [3.05, 3.63) is 69.8 Å². The highest BCUT2D eigenvalue weighted by Crippen LogP contribution is 2.52. The quantitative estimate of drug-likeness (QED) is 0.346. The van der Waals surface area contributed by atoms with Gasteiger partial charge in [0.2, 0.25) is 0 Å². The van der Waals surface area contributed by atoms with E-state index in [-0.39, 0.29) is 21.7 Å². The van der Waals surface area contributed by atoms with Gasteiger partial charge in [-0.2, -0.15) is 0 Å². The second kappa shape index (κ2) is 10.9. The van der Waals surface area contributed by atoms with Crippen molar-refractivity contribution in [3.8, 4) is 0 Å². The average Bonchev–Trinajstić information content (AvgIpc) is 3.07. The number of fused-ring (bicyclic) bond motifs is 1. The van der Waals surface area contributed by atoms with Crippen molar-refractivity contribution in [3.63, 3.8) is 0 Å². The molecule has 0 spiro atoms. The largest absolute Gasteiger partial charge is 0.538 e. The first-order valence-corrected chi connectivity index (χ1v) is 16.7. The van der Waals surface area contributed by atoms with Gasteiger partial charge < -0.3 is 0 Å². The van der Waals surface area contributed by atoms with E-state index in [2.05, 4.69) is 129 Å².